The molecule has 0 radical (unpaired) electrons. The normalized spacial score (nSPS) is 26.9. The highest BCUT2D eigenvalue weighted by Gasteiger charge is 2.26. The molecule has 0 aliphatic carbocycles. The van der Waals surface area contributed by atoms with Crippen molar-refractivity contribution in [3.8, 4) is 0 Å². The minimum atomic E-state index is 0.113. The van der Waals surface area contributed by atoms with Crippen LogP contribution in [0, 0.1) is 0 Å². The first-order valence-corrected chi connectivity index (χ1v) is 10.0. The fourth-order valence-electron chi connectivity index (χ4n) is 2.99. The average Bonchev–Trinajstić information content (AvgIpc) is 2.54. The van der Waals surface area contributed by atoms with Crippen LogP contribution in [-0.4, -0.2) is 47.6 Å². The Labute approximate surface area is 141 Å². The number of carbonyl (C=O) groups excluding carboxylic acids is 1. The molecule has 5 heteroatoms. The van der Waals surface area contributed by atoms with Crippen LogP contribution in [0.3, 0.4) is 0 Å². The number of thioether (sulfide) groups is 2. The van der Waals surface area contributed by atoms with Crippen molar-refractivity contribution in [3.05, 3.63) is 35.4 Å². The molecule has 1 aromatic carbocycles. The summed E-state index contributed by atoms with van der Waals surface area (Å²) in [5, 5.41) is 0. The highest BCUT2D eigenvalue weighted by Crippen LogP contribution is 2.43. The molecule has 120 valence electrons. The Hall–Kier alpha value is -0.650. The van der Waals surface area contributed by atoms with Crippen molar-refractivity contribution < 1.29 is 9.53 Å². The number of benzene rings is 1. The molecule has 0 spiro atoms. The molecule has 2 saturated heterocycles. The molecule has 0 unspecified atom stereocenters. The summed E-state index contributed by atoms with van der Waals surface area (Å²) in [5.41, 5.74) is 2.12. The van der Waals surface area contributed by atoms with Crippen molar-refractivity contribution in [2.24, 2.45) is 0 Å². The van der Waals surface area contributed by atoms with Gasteiger partial charge in [0.25, 0.3) is 5.91 Å². The third-order valence-electron chi connectivity index (χ3n) is 3.96. The lowest BCUT2D eigenvalue weighted by atomic mass is 10.1. The first-order chi connectivity index (χ1) is 10.6. The molecule has 0 aromatic heterocycles. The maximum absolute atomic E-state index is 12.6. The van der Waals surface area contributed by atoms with Crippen LogP contribution in [0.1, 0.15) is 40.8 Å². The van der Waals surface area contributed by atoms with Gasteiger partial charge in [0, 0.05) is 18.7 Å². The summed E-state index contributed by atoms with van der Waals surface area (Å²) in [6.45, 7) is 5.41. The van der Waals surface area contributed by atoms with Crippen molar-refractivity contribution in [2.45, 2.75) is 37.1 Å². The largest absolute Gasteiger partial charge is 0.372 e. The predicted octanol–water partition coefficient (Wildman–Crippen LogP) is 3.80. The second kappa shape index (κ2) is 7.28. The number of hydrogen-bond acceptors (Lipinski definition) is 4. The summed E-state index contributed by atoms with van der Waals surface area (Å²) in [7, 11) is 0. The number of hydrogen-bond donors (Lipinski definition) is 0. The third-order valence-corrected chi connectivity index (χ3v) is 6.98. The molecule has 1 aromatic rings. The van der Waals surface area contributed by atoms with Gasteiger partial charge in [-0.2, -0.15) is 0 Å². The van der Waals surface area contributed by atoms with E-state index in [4.69, 9.17) is 4.74 Å². The first kappa shape index (κ1) is 16.2. The summed E-state index contributed by atoms with van der Waals surface area (Å²) in [6, 6.07) is 8.21. The summed E-state index contributed by atoms with van der Waals surface area (Å²) in [5.74, 6) is 2.60. The number of amides is 1. The van der Waals surface area contributed by atoms with Gasteiger partial charge < -0.3 is 9.64 Å². The van der Waals surface area contributed by atoms with E-state index in [0.717, 1.165) is 5.56 Å². The van der Waals surface area contributed by atoms with Gasteiger partial charge in [-0.05, 0) is 49.5 Å². The van der Waals surface area contributed by atoms with E-state index in [-0.39, 0.29) is 18.1 Å². The fourth-order valence-corrected chi connectivity index (χ4v) is 5.88. The predicted molar refractivity (Wildman–Crippen MR) is 94.6 cm³/mol. The Bertz CT molecular complexity index is 504. The lowest BCUT2D eigenvalue weighted by Gasteiger charge is -2.35. The molecule has 2 fully saturated rings. The van der Waals surface area contributed by atoms with Gasteiger partial charge in [-0.1, -0.05) is 12.1 Å². The molecule has 3 nitrogen and oxygen atoms in total. The van der Waals surface area contributed by atoms with Gasteiger partial charge in [-0.3, -0.25) is 4.79 Å². The van der Waals surface area contributed by atoms with Crippen LogP contribution in [0.4, 0.5) is 0 Å². The molecule has 0 saturated carbocycles. The van der Waals surface area contributed by atoms with E-state index in [0.29, 0.717) is 17.7 Å². The fraction of sp³-hybridized carbons (Fsp3) is 0.588. The number of nitrogens with zero attached hydrogens (tertiary/aromatic N) is 1. The second-order valence-electron chi connectivity index (χ2n) is 6.02. The number of carbonyl (C=O) groups is 1. The van der Waals surface area contributed by atoms with Gasteiger partial charge in [0.05, 0.1) is 16.8 Å². The van der Waals surface area contributed by atoms with Crippen molar-refractivity contribution in [1.29, 1.82) is 0 Å². The monoisotopic (exact) mass is 337 g/mol. The van der Waals surface area contributed by atoms with Crippen molar-refractivity contribution in [2.75, 3.05) is 24.6 Å². The molecule has 2 aliphatic rings. The molecule has 2 heterocycles. The van der Waals surface area contributed by atoms with Crippen molar-refractivity contribution in [3.63, 3.8) is 0 Å². The smallest absolute Gasteiger partial charge is 0.254 e. The molecule has 22 heavy (non-hydrogen) atoms. The van der Waals surface area contributed by atoms with E-state index < -0.39 is 0 Å². The maximum atomic E-state index is 12.6. The average molecular weight is 338 g/mol. The minimum Gasteiger partial charge on any atom is -0.372 e. The van der Waals surface area contributed by atoms with E-state index in [1.807, 2.05) is 54.4 Å². The molecule has 2 aliphatic heterocycles. The Balaban J connectivity index is 1.68. The highest BCUT2D eigenvalue weighted by atomic mass is 32.2. The highest BCUT2D eigenvalue weighted by molar-refractivity contribution is 8.16. The molecule has 3 rings (SSSR count). The summed E-state index contributed by atoms with van der Waals surface area (Å²) < 4.78 is 6.23. The number of morpholine rings is 1. The molecular weight excluding hydrogens is 314 g/mol. The lowest BCUT2D eigenvalue weighted by molar-refractivity contribution is -0.0586. The Morgan fingerprint density at radius 3 is 2.27 bits per heavy atom. The van der Waals surface area contributed by atoms with Crippen LogP contribution in [0.25, 0.3) is 0 Å². The molecular formula is C17H23NO2S2. The van der Waals surface area contributed by atoms with E-state index >= 15 is 0 Å². The first-order valence-electron chi connectivity index (χ1n) is 7.91. The van der Waals surface area contributed by atoms with Crippen LogP contribution in [-0.2, 0) is 4.74 Å². The summed E-state index contributed by atoms with van der Waals surface area (Å²) >= 11 is 4.02. The van der Waals surface area contributed by atoms with Gasteiger partial charge >= 0.3 is 0 Å². The van der Waals surface area contributed by atoms with E-state index in [9.17, 15) is 4.79 Å². The Morgan fingerprint density at radius 2 is 1.68 bits per heavy atom. The van der Waals surface area contributed by atoms with E-state index in [1.165, 1.54) is 23.5 Å². The molecule has 1 amide bonds. The standard InChI is InChI=1S/C17H23NO2S2/c1-12-10-18(11-13(2)20-12)16(19)14-4-6-15(7-5-14)17-21-8-3-9-22-17/h4-7,12-13,17H,3,8-11H2,1-2H3/t12-,13-/m0/s1. The Kier molecular flexibility index (Phi) is 5.37. The van der Waals surface area contributed by atoms with Crippen LogP contribution in [0.5, 0.6) is 0 Å². The van der Waals surface area contributed by atoms with E-state index in [2.05, 4.69) is 12.1 Å². The lowest BCUT2D eigenvalue weighted by Crippen LogP contribution is -2.48. The van der Waals surface area contributed by atoms with Crippen LogP contribution in [0.2, 0.25) is 0 Å². The van der Waals surface area contributed by atoms with Gasteiger partial charge in [0.2, 0.25) is 0 Å². The zero-order valence-electron chi connectivity index (χ0n) is 13.2. The number of ether oxygens (including phenoxy) is 1. The van der Waals surface area contributed by atoms with Gasteiger partial charge in [0.1, 0.15) is 0 Å². The van der Waals surface area contributed by atoms with Crippen LogP contribution >= 0.6 is 23.5 Å². The van der Waals surface area contributed by atoms with Crippen LogP contribution in [0.15, 0.2) is 24.3 Å². The minimum absolute atomic E-state index is 0.113. The zero-order valence-corrected chi connectivity index (χ0v) is 14.8. The SMILES string of the molecule is C[C@H]1CN(C(=O)c2ccc(C3SCCCS3)cc2)C[C@H](C)O1. The third kappa shape index (κ3) is 3.81. The van der Waals surface area contributed by atoms with Crippen molar-refractivity contribution >= 4 is 29.4 Å². The molecule has 0 bridgehead atoms. The molecule has 0 N–H and O–H groups in total. The summed E-state index contributed by atoms with van der Waals surface area (Å²) in [6.07, 6.45) is 1.53. The van der Waals surface area contributed by atoms with Gasteiger partial charge in [-0.25, -0.2) is 0 Å². The number of rotatable bonds is 2. The van der Waals surface area contributed by atoms with Crippen LogP contribution < -0.4 is 0 Å². The maximum Gasteiger partial charge on any atom is 0.254 e. The molecule has 2 atom stereocenters. The Morgan fingerprint density at radius 1 is 1.09 bits per heavy atom. The summed E-state index contributed by atoms with van der Waals surface area (Å²) in [4.78, 5) is 14.6. The zero-order chi connectivity index (χ0) is 15.5. The van der Waals surface area contributed by atoms with Crippen molar-refractivity contribution in [1.82, 2.24) is 4.90 Å². The second-order valence-corrected chi connectivity index (χ2v) is 8.74. The van der Waals surface area contributed by atoms with E-state index in [1.54, 1.807) is 0 Å². The quantitative estimate of drug-likeness (QED) is 0.821. The topological polar surface area (TPSA) is 29.5 Å². The van der Waals surface area contributed by atoms with Gasteiger partial charge in [-0.15, -0.1) is 23.5 Å². The van der Waals surface area contributed by atoms with Gasteiger partial charge in [0.15, 0.2) is 0 Å².